The third-order valence-electron chi connectivity index (χ3n) is 4.81. The van der Waals surface area contributed by atoms with Gasteiger partial charge in [0, 0.05) is 21.9 Å². The number of benzene rings is 2. The molecular weight excluding hydrogens is 379 g/mol. The zero-order chi connectivity index (χ0) is 18.8. The molecule has 0 unspecified atom stereocenters. The van der Waals surface area contributed by atoms with Crippen molar-refractivity contribution in [3.05, 3.63) is 81.6 Å². The van der Waals surface area contributed by atoms with Crippen molar-refractivity contribution in [2.75, 3.05) is 0 Å². The molecule has 134 valence electrons. The standard InChI is InChI=1S/C22H16ClFN2S/c23-19-10-5-11-20(24)18(19)13-27-22-17(12-25)15-8-4-9-16(15)21(26-22)14-6-2-1-3-7-14/h1-3,5-7,10-11H,4,8-9,13H2. The van der Waals surface area contributed by atoms with Gasteiger partial charge in [-0.3, -0.25) is 0 Å². The fraction of sp³-hybridized carbons (Fsp3) is 0.182. The van der Waals surface area contributed by atoms with Crippen LogP contribution in [0.4, 0.5) is 4.39 Å². The maximum absolute atomic E-state index is 14.1. The van der Waals surface area contributed by atoms with E-state index in [0.717, 1.165) is 36.1 Å². The Balaban J connectivity index is 1.78. The second-order valence-electron chi connectivity index (χ2n) is 6.42. The first kappa shape index (κ1) is 18.0. The molecule has 0 bridgehead atoms. The number of nitrogens with zero attached hydrogens (tertiary/aromatic N) is 2. The van der Waals surface area contributed by atoms with Crippen molar-refractivity contribution >= 4 is 23.4 Å². The number of hydrogen-bond acceptors (Lipinski definition) is 3. The molecule has 2 nitrogen and oxygen atoms in total. The van der Waals surface area contributed by atoms with Crippen LogP contribution in [0.3, 0.4) is 0 Å². The minimum Gasteiger partial charge on any atom is -0.240 e. The van der Waals surface area contributed by atoms with E-state index in [0.29, 0.717) is 26.9 Å². The van der Waals surface area contributed by atoms with Crippen LogP contribution in [0.25, 0.3) is 11.3 Å². The predicted molar refractivity (Wildman–Crippen MR) is 107 cm³/mol. The quantitative estimate of drug-likeness (QED) is 0.495. The Hall–Kier alpha value is -2.35. The van der Waals surface area contributed by atoms with Gasteiger partial charge >= 0.3 is 0 Å². The third-order valence-corrected chi connectivity index (χ3v) is 6.16. The topological polar surface area (TPSA) is 36.7 Å². The van der Waals surface area contributed by atoms with E-state index in [1.807, 2.05) is 30.3 Å². The molecule has 2 aromatic carbocycles. The molecule has 0 amide bonds. The van der Waals surface area contributed by atoms with Gasteiger partial charge in [-0.05, 0) is 42.5 Å². The summed E-state index contributed by atoms with van der Waals surface area (Å²) in [7, 11) is 0. The van der Waals surface area contributed by atoms with Crippen LogP contribution in [0.1, 0.15) is 28.7 Å². The van der Waals surface area contributed by atoms with Gasteiger partial charge in [-0.2, -0.15) is 5.26 Å². The Labute approximate surface area is 167 Å². The minimum atomic E-state index is -0.335. The monoisotopic (exact) mass is 394 g/mol. The van der Waals surface area contributed by atoms with E-state index in [1.165, 1.54) is 23.4 Å². The molecule has 4 rings (SSSR count). The fourth-order valence-corrected chi connectivity index (χ4v) is 4.85. The summed E-state index contributed by atoms with van der Waals surface area (Å²) in [5, 5.41) is 10.8. The summed E-state index contributed by atoms with van der Waals surface area (Å²) in [6, 6.07) is 17.0. The number of pyridine rings is 1. The first-order chi connectivity index (χ1) is 13.2. The summed E-state index contributed by atoms with van der Waals surface area (Å²) in [6.07, 6.45) is 2.85. The van der Waals surface area contributed by atoms with E-state index in [4.69, 9.17) is 16.6 Å². The number of aromatic nitrogens is 1. The van der Waals surface area contributed by atoms with Gasteiger partial charge < -0.3 is 0 Å². The summed E-state index contributed by atoms with van der Waals surface area (Å²) in [6.45, 7) is 0. The van der Waals surface area contributed by atoms with Gasteiger partial charge in [-0.15, -0.1) is 11.8 Å². The molecule has 0 atom stereocenters. The average molecular weight is 395 g/mol. The molecule has 27 heavy (non-hydrogen) atoms. The Kier molecular flexibility index (Phi) is 5.15. The largest absolute Gasteiger partial charge is 0.240 e. The highest BCUT2D eigenvalue weighted by molar-refractivity contribution is 7.98. The van der Waals surface area contributed by atoms with Crippen LogP contribution in [-0.4, -0.2) is 4.98 Å². The number of nitriles is 1. The molecule has 0 saturated carbocycles. The van der Waals surface area contributed by atoms with Gasteiger partial charge in [-0.1, -0.05) is 48.0 Å². The highest BCUT2D eigenvalue weighted by Crippen LogP contribution is 2.38. The molecule has 0 saturated heterocycles. The van der Waals surface area contributed by atoms with Crippen molar-refractivity contribution in [3.8, 4) is 17.3 Å². The first-order valence-corrected chi connectivity index (χ1v) is 10.1. The number of rotatable bonds is 4. The molecule has 1 aliphatic carbocycles. The molecule has 1 heterocycles. The van der Waals surface area contributed by atoms with E-state index in [1.54, 1.807) is 12.1 Å². The maximum Gasteiger partial charge on any atom is 0.128 e. The minimum absolute atomic E-state index is 0.334. The summed E-state index contributed by atoms with van der Waals surface area (Å²) in [5.41, 5.74) is 5.31. The van der Waals surface area contributed by atoms with Gasteiger partial charge in [0.15, 0.2) is 0 Å². The predicted octanol–water partition coefficient (Wildman–Crippen LogP) is 6.19. The highest BCUT2D eigenvalue weighted by atomic mass is 35.5. The van der Waals surface area contributed by atoms with E-state index in [9.17, 15) is 9.65 Å². The van der Waals surface area contributed by atoms with Crippen molar-refractivity contribution in [2.45, 2.75) is 30.0 Å². The van der Waals surface area contributed by atoms with Crippen molar-refractivity contribution in [3.63, 3.8) is 0 Å². The zero-order valence-corrected chi connectivity index (χ0v) is 16.1. The number of halogens is 2. The second kappa shape index (κ2) is 7.72. The third kappa shape index (κ3) is 3.45. The van der Waals surface area contributed by atoms with Crippen molar-refractivity contribution in [1.29, 1.82) is 5.26 Å². The van der Waals surface area contributed by atoms with Crippen LogP contribution in [0.2, 0.25) is 5.02 Å². The lowest BCUT2D eigenvalue weighted by molar-refractivity contribution is 0.617. The summed E-state index contributed by atoms with van der Waals surface area (Å²) in [4.78, 5) is 4.83. The fourth-order valence-electron chi connectivity index (χ4n) is 3.50. The van der Waals surface area contributed by atoms with Crippen LogP contribution in [0, 0.1) is 17.1 Å². The van der Waals surface area contributed by atoms with Crippen LogP contribution >= 0.6 is 23.4 Å². The van der Waals surface area contributed by atoms with E-state index < -0.39 is 0 Å². The number of hydrogen-bond donors (Lipinski definition) is 0. The molecule has 0 N–H and O–H groups in total. The molecule has 0 spiro atoms. The van der Waals surface area contributed by atoms with Crippen LogP contribution in [-0.2, 0) is 18.6 Å². The lowest BCUT2D eigenvalue weighted by atomic mass is 10.00. The normalized spacial score (nSPS) is 12.6. The van der Waals surface area contributed by atoms with E-state index in [2.05, 4.69) is 6.07 Å². The molecule has 0 aliphatic heterocycles. The van der Waals surface area contributed by atoms with E-state index in [-0.39, 0.29) is 5.82 Å². The molecule has 1 aliphatic rings. The second-order valence-corrected chi connectivity index (χ2v) is 7.79. The summed E-state index contributed by atoms with van der Waals surface area (Å²) >= 11 is 7.52. The lowest BCUT2D eigenvalue weighted by Crippen LogP contribution is -2.01. The number of fused-ring (bicyclic) bond motifs is 1. The summed E-state index contributed by atoms with van der Waals surface area (Å²) < 4.78 is 14.1. The Morgan fingerprint density at radius 1 is 1.07 bits per heavy atom. The SMILES string of the molecule is N#Cc1c(SCc2c(F)cccc2Cl)nc(-c2ccccc2)c2c1CCC2. The van der Waals surface area contributed by atoms with Crippen molar-refractivity contribution in [1.82, 2.24) is 4.98 Å². The maximum atomic E-state index is 14.1. The van der Waals surface area contributed by atoms with Crippen molar-refractivity contribution < 1.29 is 4.39 Å². The van der Waals surface area contributed by atoms with Crippen LogP contribution in [0.5, 0.6) is 0 Å². The van der Waals surface area contributed by atoms with Gasteiger partial charge in [-0.25, -0.2) is 9.37 Å². The zero-order valence-electron chi connectivity index (χ0n) is 14.5. The average Bonchev–Trinajstić information content (AvgIpc) is 3.17. The van der Waals surface area contributed by atoms with Gasteiger partial charge in [0.25, 0.3) is 0 Å². The molecule has 5 heteroatoms. The number of thioether (sulfide) groups is 1. The van der Waals surface area contributed by atoms with Gasteiger partial charge in [0.2, 0.25) is 0 Å². The smallest absolute Gasteiger partial charge is 0.128 e. The highest BCUT2D eigenvalue weighted by Gasteiger charge is 2.24. The summed E-state index contributed by atoms with van der Waals surface area (Å²) in [5.74, 6) is -0.00170. The molecular formula is C22H16ClFN2S. The van der Waals surface area contributed by atoms with Crippen LogP contribution < -0.4 is 0 Å². The van der Waals surface area contributed by atoms with E-state index >= 15 is 0 Å². The Morgan fingerprint density at radius 3 is 2.59 bits per heavy atom. The molecule has 0 fully saturated rings. The molecule has 3 aromatic rings. The lowest BCUT2D eigenvalue weighted by Gasteiger charge is -2.14. The molecule has 1 aromatic heterocycles. The van der Waals surface area contributed by atoms with Crippen LogP contribution in [0.15, 0.2) is 53.6 Å². The van der Waals surface area contributed by atoms with Gasteiger partial charge in [0.1, 0.15) is 16.9 Å². The van der Waals surface area contributed by atoms with Crippen molar-refractivity contribution in [2.24, 2.45) is 0 Å². The van der Waals surface area contributed by atoms with Gasteiger partial charge in [0.05, 0.1) is 11.3 Å². The Bertz CT molecular complexity index is 1020. The molecule has 0 radical (unpaired) electrons. The Morgan fingerprint density at radius 2 is 1.85 bits per heavy atom. The first-order valence-electron chi connectivity index (χ1n) is 8.76.